The van der Waals surface area contributed by atoms with Crippen molar-refractivity contribution in [2.24, 2.45) is 5.92 Å². The molecule has 1 N–H and O–H groups in total. The number of anilines is 1. The maximum Gasteiger partial charge on any atom is 0.272 e. The summed E-state index contributed by atoms with van der Waals surface area (Å²) in [7, 11) is 3.46. The summed E-state index contributed by atoms with van der Waals surface area (Å²) < 4.78 is 0. The van der Waals surface area contributed by atoms with Crippen LogP contribution in [0.4, 0.5) is 5.69 Å². The molecule has 4 nitrogen and oxygen atoms in total. The van der Waals surface area contributed by atoms with Gasteiger partial charge >= 0.3 is 0 Å². The van der Waals surface area contributed by atoms with Crippen molar-refractivity contribution in [3.8, 4) is 0 Å². The Morgan fingerprint density at radius 3 is 2.94 bits per heavy atom. The molecule has 1 aromatic heterocycles. The standard InChI is InChI=1S/C12H17N3O/c1-15(2)12(16)11-7-10(5-6-13-11)14-8-9-3-4-9/h5-7,9H,3-4,8H2,1-2H3,(H,13,14). The number of rotatable bonds is 4. The fourth-order valence-electron chi connectivity index (χ4n) is 1.47. The third-order valence-electron chi connectivity index (χ3n) is 2.68. The first-order valence-electron chi connectivity index (χ1n) is 5.58. The van der Waals surface area contributed by atoms with Crippen molar-refractivity contribution < 1.29 is 4.79 Å². The maximum absolute atomic E-state index is 11.7. The highest BCUT2D eigenvalue weighted by molar-refractivity contribution is 5.92. The lowest BCUT2D eigenvalue weighted by Crippen LogP contribution is -2.22. The number of carbonyl (C=O) groups excluding carboxylic acids is 1. The van der Waals surface area contributed by atoms with Crippen LogP contribution in [-0.2, 0) is 0 Å². The number of pyridine rings is 1. The SMILES string of the molecule is CN(C)C(=O)c1cc(NCC2CC2)ccn1. The molecule has 1 aliphatic rings. The van der Waals surface area contributed by atoms with E-state index in [0.717, 1.165) is 18.2 Å². The highest BCUT2D eigenvalue weighted by Gasteiger charge is 2.20. The number of hydrogen-bond acceptors (Lipinski definition) is 3. The number of aromatic nitrogens is 1. The Bertz CT molecular complexity index is 386. The molecule has 4 heteroatoms. The zero-order chi connectivity index (χ0) is 11.5. The summed E-state index contributed by atoms with van der Waals surface area (Å²) in [6.07, 6.45) is 4.31. The summed E-state index contributed by atoms with van der Waals surface area (Å²) in [6, 6.07) is 3.71. The lowest BCUT2D eigenvalue weighted by Gasteiger charge is -2.11. The molecule has 2 rings (SSSR count). The molecule has 1 fully saturated rings. The van der Waals surface area contributed by atoms with E-state index in [9.17, 15) is 4.79 Å². The van der Waals surface area contributed by atoms with Crippen molar-refractivity contribution in [3.05, 3.63) is 24.0 Å². The number of amides is 1. The van der Waals surface area contributed by atoms with E-state index in [1.165, 1.54) is 17.7 Å². The predicted molar refractivity (Wildman–Crippen MR) is 63.5 cm³/mol. The van der Waals surface area contributed by atoms with Gasteiger partial charge in [0.25, 0.3) is 5.91 Å². The van der Waals surface area contributed by atoms with Gasteiger partial charge in [-0.05, 0) is 30.9 Å². The Balaban J connectivity index is 2.02. The Kier molecular flexibility index (Phi) is 3.08. The van der Waals surface area contributed by atoms with Crippen molar-refractivity contribution in [1.29, 1.82) is 0 Å². The summed E-state index contributed by atoms with van der Waals surface area (Å²) >= 11 is 0. The molecule has 0 spiro atoms. The quantitative estimate of drug-likeness (QED) is 0.836. The maximum atomic E-state index is 11.7. The van der Waals surface area contributed by atoms with Gasteiger partial charge in [-0.25, -0.2) is 0 Å². The van der Waals surface area contributed by atoms with Gasteiger partial charge in [0.15, 0.2) is 0 Å². The average molecular weight is 219 g/mol. The van der Waals surface area contributed by atoms with Gasteiger partial charge < -0.3 is 10.2 Å². The summed E-state index contributed by atoms with van der Waals surface area (Å²) in [5, 5.41) is 3.33. The van der Waals surface area contributed by atoms with Crippen LogP contribution in [0.1, 0.15) is 23.3 Å². The fourth-order valence-corrected chi connectivity index (χ4v) is 1.47. The second kappa shape index (κ2) is 4.51. The summed E-state index contributed by atoms with van der Waals surface area (Å²) in [5.41, 5.74) is 1.47. The zero-order valence-electron chi connectivity index (χ0n) is 9.73. The number of carbonyl (C=O) groups is 1. The second-order valence-electron chi connectivity index (χ2n) is 4.45. The average Bonchev–Trinajstić information content (AvgIpc) is 3.09. The summed E-state index contributed by atoms with van der Waals surface area (Å²) in [4.78, 5) is 17.3. The Labute approximate surface area is 95.7 Å². The highest BCUT2D eigenvalue weighted by atomic mass is 16.2. The van der Waals surface area contributed by atoms with Crippen LogP contribution in [0.2, 0.25) is 0 Å². The molecule has 1 aliphatic carbocycles. The highest BCUT2D eigenvalue weighted by Crippen LogP contribution is 2.28. The molecular formula is C12H17N3O. The zero-order valence-corrected chi connectivity index (χ0v) is 9.73. The molecule has 0 unspecified atom stereocenters. The minimum absolute atomic E-state index is 0.0601. The lowest BCUT2D eigenvalue weighted by molar-refractivity contribution is 0.0822. The third-order valence-corrected chi connectivity index (χ3v) is 2.68. The Morgan fingerprint density at radius 1 is 1.56 bits per heavy atom. The van der Waals surface area contributed by atoms with Crippen molar-refractivity contribution >= 4 is 11.6 Å². The van der Waals surface area contributed by atoms with Gasteiger partial charge in [-0.2, -0.15) is 0 Å². The van der Waals surface area contributed by atoms with Crippen molar-refractivity contribution in [3.63, 3.8) is 0 Å². The van der Waals surface area contributed by atoms with Crippen LogP contribution in [-0.4, -0.2) is 36.4 Å². The van der Waals surface area contributed by atoms with Crippen LogP contribution >= 0.6 is 0 Å². The normalized spacial score (nSPS) is 14.6. The van der Waals surface area contributed by atoms with Crippen LogP contribution in [0.15, 0.2) is 18.3 Å². The number of nitrogens with one attached hydrogen (secondary N) is 1. The lowest BCUT2D eigenvalue weighted by atomic mass is 10.3. The van der Waals surface area contributed by atoms with E-state index in [0.29, 0.717) is 5.69 Å². The summed E-state index contributed by atoms with van der Waals surface area (Å²) in [5.74, 6) is 0.760. The number of nitrogens with zero attached hydrogens (tertiary/aromatic N) is 2. The molecule has 0 aliphatic heterocycles. The topological polar surface area (TPSA) is 45.2 Å². The molecule has 0 saturated heterocycles. The number of hydrogen-bond donors (Lipinski definition) is 1. The molecule has 0 atom stereocenters. The Hall–Kier alpha value is -1.58. The van der Waals surface area contributed by atoms with Gasteiger partial charge in [0.05, 0.1) is 0 Å². The van der Waals surface area contributed by atoms with Gasteiger partial charge in [-0.3, -0.25) is 9.78 Å². The summed E-state index contributed by atoms with van der Waals surface area (Å²) in [6.45, 7) is 1.000. The molecule has 86 valence electrons. The van der Waals surface area contributed by atoms with Crippen molar-refractivity contribution in [2.45, 2.75) is 12.8 Å². The van der Waals surface area contributed by atoms with E-state index in [2.05, 4.69) is 10.3 Å². The van der Waals surface area contributed by atoms with E-state index in [-0.39, 0.29) is 5.91 Å². The van der Waals surface area contributed by atoms with E-state index < -0.39 is 0 Å². The van der Waals surface area contributed by atoms with E-state index in [4.69, 9.17) is 0 Å². The predicted octanol–water partition coefficient (Wildman–Crippen LogP) is 1.61. The van der Waals surface area contributed by atoms with Gasteiger partial charge in [0.2, 0.25) is 0 Å². The fraction of sp³-hybridized carbons (Fsp3) is 0.500. The van der Waals surface area contributed by atoms with E-state index in [1.54, 1.807) is 20.3 Å². The van der Waals surface area contributed by atoms with Crippen LogP contribution in [0.5, 0.6) is 0 Å². The van der Waals surface area contributed by atoms with Crippen molar-refractivity contribution in [2.75, 3.05) is 26.0 Å². The minimum atomic E-state index is -0.0601. The molecule has 1 amide bonds. The van der Waals surface area contributed by atoms with Crippen LogP contribution in [0.3, 0.4) is 0 Å². The first kappa shape index (κ1) is 10.9. The first-order chi connectivity index (χ1) is 7.66. The van der Waals surface area contributed by atoms with Gasteiger partial charge in [0, 0.05) is 32.5 Å². The van der Waals surface area contributed by atoms with Gasteiger partial charge in [-0.15, -0.1) is 0 Å². The van der Waals surface area contributed by atoms with Gasteiger partial charge in [0.1, 0.15) is 5.69 Å². The Morgan fingerprint density at radius 2 is 2.31 bits per heavy atom. The molecule has 0 radical (unpaired) electrons. The van der Waals surface area contributed by atoms with Crippen LogP contribution < -0.4 is 5.32 Å². The van der Waals surface area contributed by atoms with Gasteiger partial charge in [-0.1, -0.05) is 0 Å². The molecule has 0 aromatic carbocycles. The smallest absolute Gasteiger partial charge is 0.272 e. The third kappa shape index (κ3) is 2.72. The van der Waals surface area contributed by atoms with Crippen LogP contribution in [0, 0.1) is 5.92 Å². The molecular weight excluding hydrogens is 202 g/mol. The molecule has 0 bridgehead atoms. The molecule has 16 heavy (non-hydrogen) atoms. The molecule has 1 aromatic rings. The van der Waals surface area contributed by atoms with E-state index >= 15 is 0 Å². The van der Waals surface area contributed by atoms with Crippen molar-refractivity contribution in [1.82, 2.24) is 9.88 Å². The monoisotopic (exact) mass is 219 g/mol. The minimum Gasteiger partial charge on any atom is -0.385 e. The second-order valence-corrected chi connectivity index (χ2v) is 4.45. The largest absolute Gasteiger partial charge is 0.385 e. The first-order valence-corrected chi connectivity index (χ1v) is 5.58. The van der Waals surface area contributed by atoms with Crippen LogP contribution in [0.25, 0.3) is 0 Å². The van der Waals surface area contributed by atoms with E-state index in [1.807, 2.05) is 12.1 Å². The molecule has 1 saturated carbocycles. The molecule has 1 heterocycles.